The van der Waals surface area contributed by atoms with E-state index in [2.05, 4.69) is 5.32 Å². The molecule has 1 fully saturated rings. The minimum atomic E-state index is -0.923. The first kappa shape index (κ1) is 19.9. The van der Waals surface area contributed by atoms with Crippen LogP contribution < -0.4 is 5.32 Å². The molecule has 2 aromatic rings. The van der Waals surface area contributed by atoms with Crippen molar-refractivity contribution in [3.63, 3.8) is 0 Å². The van der Waals surface area contributed by atoms with Gasteiger partial charge in [-0.25, -0.2) is 13.2 Å². The number of rotatable bonds is 4. The van der Waals surface area contributed by atoms with Crippen molar-refractivity contribution < 1.29 is 22.8 Å². The zero-order valence-corrected chi connectivity index (χ0v) is 15.5. The standard InChI is InChI=1S/C21H21F3N2O2/c1-21(20(28)25-12-14-5-2-6-15(22)11-14)9-4-10-26(13-21)19(27)18-16(23)7-3-8-17(18)24/h2-3,5-8,11H,4,9-10,12-13H2,1H3,(H,25,28)/t21-/m1/s1. The van der Waals surface area contributed by atoms with Crippen LogP contribution in [0.4, 0.5) is 13.2 Å². The van der Waals surface area contributed by atoms with E-state index in [9.17, 15) is 22.8 Å². The number of amides is 2. The number of benzene rings is 2. The Balaban J connectivity index is 1.70. The van der Waals surface area contributed by atoms with Crippen LogP contribution in [0.15, 0.2) is 42.5 Å². The van der Waals surface area contributed by atoms with Crippen LogP contribution in [0.1, 0.15) is 35.7 Å². The average molecular weight is 390 g/mol. The van der Waals surface area contributed by atoms with Crippen molar-refractivity contribution in [2.24, 2.45) is 5.41 Å². The van der Waals surface area contributed by atoms with Crippen molar-refractivity contribution in [1.29, 1.82) is 0 Å². The quantitative estimate of drug-likeness (QED) is 0.866. The molecule has 4 nitrogen and oxygen atoms in total. The van der Waals surface area contributed by atoms with E-state index in [0.29, 0.717) is 24.9 Å². The molecule has 0 aliphatic carbocycles. The Bertz CT molecular complexity index is 883. The molecule has 1 aliphatic heterocycles. The summed E-state index contributed by atoms with van der Waals surface area (Å²) < 4.78 is 41.2. The third-order valence-electron chi connectivity index (χ3n) is 5.05. The molecule has 0 aromatic heterocycles. The Hall–Kier alpha value is -2.83. The van der Waals surface area contributed by atoms with E-state index in [1.165, 1.54) is 23.1 Å². The summed E-state index contributed by atoms with van der Waals surface area (Å²) in [6.45, 7) is 2.24. The van der Waals surface area contributed by atoms with E-state index in [-0.39, 0.29) is 24.8 Å². The maximum atomic E-state index is 14.0. The number of likely N-dealkylation sites (tertiary alicyclic amines) is 1. The number of nitrogens with one attached hydrogen (secondary N) is 1. The Kier molecular flexibility index (Phi) is 5.72. The van der Waals surface area contributed by atoms with Gasteiger partial charge in [-0.1, -0.05) is 18.2 Å². The van der Waals surface area contributed by atoms with Crippen molar-refractivity contribution in [3.8, 4) is 0 Å². The molecule has 0 unspecified atom stereocenters. The smallest absolute Gasteiger partial charge is 0.259 e. The van der Waals surface area contributed by atoms with Crippen LogP contribution in [-0.4, -0.2) is 29.8 Å². The molecule has 1 heterocycles. The summed E-state index contributed by atoms with van der Waals surface area (Å²) >= 11 is 0. The molecule has 28 heavy (non-hydrogen) atoms. The van der Waals surface area contributed by atoms with Crippen molar-refractivity contribution in [3.05, 3.63) is 71.0 Å². The van der Waals surface area contributed by atoms with Gasteiger partial charge in [-0.2, -0.15) is 0 Å². The molecule has 1 atom stereocenters. The molecule has 0 bridgehead atoms. The van der Waals surface area contributed by atoms with E-state index >= 15 is 0 Å². The Morgan fingerprint density at radius 3 is 2.46 bits per heavy atom. The van der Waals surface area contributed by atoms with Crippen molar-refractivity contribution in [2.45, 2.75) is 26.3 Å². The van der Waals surface area contributed by atoms with E-state index in [0.717, 1.165) is 12.1 Å². The molecule has 148 valence electrons. The lowest BCUT2D eigenvalue weighted by Crippen LogP contribution is -2.52. The first-order valence-corrected chi connectivity index (χ1v) is 9.06. The fourth-order valence-corrected chi connectivity index (χ4v) is 3.50. The lowest BCUT2D eigenvalue weighted by atomic mass is 9.80. The maximum absolute atomic E-state index is 14.0. The number of nitrogens with zero attached hydrogens (tertiary/aromatic N) is 1. The van der Waals surface area contributed by atoms with Crippen LogP contribution in [-0.2, 0) is 11.3 Å². The van der Waals surface area contributed by atoms with Crippen LogP contribution in [0.3, 0.4) is 0 Å². The zero-order chi connectivity index (χ0) is 20.3. The highest BCUT2D eigenvalue weighted by Crippen LogP contribution is 2.31. The summed E-state index contributed by atoms with van der Waals surface area (Å²) in [5.74, 6) is -3.29. The summed E-state index contributed by atoms with van der Waals surface area (Å²) in [6.07, 6.45) is 1.07. The molecular weight excluding hydrogens is 369 g/mol. The number of hydrogen-bond donors (Lipinski definition) is 1. The zero-order valence-electron chi connectivity index (χ0n) is 15.5. The van der Waals surface area contributed by atoms with Crippen LogP contribution >= 0.6 is 0 Å². The van der Waals surface area contributed by atoms with E-state index in [1.807, 2.05) is 0 Å². The van der Waals surface area contributed by atoms with Gasteiger partial charge in [0, 0.05) is 19.6 Å². The fourth-order valence-electron chi connectivity index (χ4n) is 3.50. The van der Waals surface area contributed by atoms with Crippen LogP contribution in [0, 0.1) is 22.9 Å². The molecular formula is C21H21F3N2O2. The highest BCUT2D eigenvalue weighted by atomic mass is 19.1. The van der Waals surface area contributed by atoms with Gasteiger partial charge in [0.15, 0.2) is 0 Å². The summed E-state index contributed by atoms with van der Waals surface area (Å²) in [4.78, 5) is 26.7. The highest BCUT2D eigenvalue weighted by Gasteiger charge is 2.40. The van der Waals surface area contributed by atoms with Gasteiger partial charge in [-0.15, -0.1) is 0 Å². The number of halogens is 3. The van der Waals surface area contributed by atoms with Crippen molar-refractivity contribution in [2.75, 3.05) is 13.1 Å². The van der Waals surface area contributed by atoms with Crippen molar-refractivity contribution in [1.82, 2.24) is 10.2 Å². The molecule has 0 saturated carbocycles. The molecule has 3 rings (SSSR count). The lowest BCUT2D eigenvalue weighted by Gasteiger charge is -2.39. The van der Waals surface area contributed by atoms with E-state index < -0.39 is 28.5 Å². The van der Waals surface area contributed by atoms with Gasteiger partial charge in [0.1, 0.15) is 23.0 Å². The monoisotopic (exact) mass is 390 g/mol. The molecule has 1 saturated heterocycles. The number of hydrogen-bond acceptors (Lipinski definition) is 2. The van der Waals surface area contributed by atoms with E-state index in [1.54, 1.807) is 19.1 Å². The van der Waals surface area contributed by atoms with Gasteiger partial charge in [-0.3, -0.25) is 9.59 Å². The first-order chi connectivity index (χ1) is 13.3. The SMILES string of the molecule is C[C@@]1(C(=O)NCc2cccc(F)c2)CCCN(C(=O)c2c(F)cccc2F)C1. The normalized spacial score (nSPS) is 19.4. The predicted molar refractivity (Wildman–Crippen MR) is 97.8 cm³/mol. The number of carbonyl (C=O) groups excluding carboxylic acids is 2. The summed E-state index contributed by atoms with van der Waals surface area (Å²) in [6, 6.07) is 9.17. The Labute approximate surface area is 161 Å². The number of carbonyl (C=O) groups is 2. The average Bonchev–Trinajstić information content (AvgIpc) is 2.66. The maximum Gasteiger partial charge on any atom is 0.259 e. The van der Waals surface area contributed by atoms with Gasteiger partial charge >= 0.3 is 0 Å². The lowest BCUT2D eigenvalue weighted by molar-refractivity contribution is -0.132. The third kappa shape index (κ3) is 4.18. The Morgan fingerprint density at radius 1 is 1.11 bits per heavy atom. The molecule has 0 spiro atoms. The first-order valence-electron chi connectivity index (χ1n) is 9.06. The van der Waals surface area contributed by atoms with Gasteiger partial charge in [0.2, 0.25) is 5.91 Å². The molecule has 1 aliphatic rings. The second-order valence-electron chi connectivity index (χ2n) is 7.30. The Morgan fingerprint density at radius 2 is 1.79 bits per heavy atom. The fraction of sp³-hybridized carbons (Fsp3) is 0.333. The summed E-state index contributed by atoms with van der Waals surface area (Å²) in [7, 11) is 0. The minimum Gasteiger partial charge on any atom is -0.351 e. The minimum absolute atomic E-state index is 0.0502. The molecule has 2 amide bonds. The molecule has 0 radical (unpaired) electrons. The molecule has 2 aromatic carbocycles. The summed E-state index contributed by atoms with van der Waals surface area (Å²) in [5.41, 5.74) is -0.885. The van der Waals surface area contributed by atoms with Gasteiger partial charge < -0.3 is 10.2 Å². The summed E-state index contributed by atoms with van der Waals surface area (Å²) in [5, 5.41) is 2.77. The highest BCUT2D eigenvalue weighted by molar-refractivity contribution is 5.95. The van der Waals surface area contributed by atoms with Crippen LogP contribution in [0.5, 0.6) is 0 Å². The van der Waals surface area contributed by atoms with E-state index in [4.69, 9.17) is 0 Å². The predicted octanol–water partition coefficient (Wildman–Crippen LogP) is 3.66. The van der Waals surface area contributed by atoms with Gasteiger partial charge in [0.25, 0.3) is 5.91 Å². The van der Waals surface area contributed by atoms with Gasteiger partial charge in [-0.05, 0) is 49.6 Å². The van der Waals surface area contributed by atoms with Gasteiger partial charge in [0.05, 0.1) is 5.41 Å². The molecule has 1 N–H and O–H groups in total. The number of piperidine rings is 1. The topological polar surface area (TPSA) is 49.4 Å². The largest absolute Gasteiger partial charge is 0.351 e. The second kappa shape index (κ2) is 8.04. The van der Waals surface area contributed by atoms with Crippen LogP contribution in [0.25, 0.3) is 0 Å². The van der Waals surface area contributed by atoms with Crippen LogP contribution in [0.2, 0.25) is 0 Å². The third-order valence-corrected chi connectivity index (χ3v) is 5.05. The molecule has 7 heteroatoms. The second-order valence-corrected chi connectivity index (χ2v) is 7.30. The van der Waals surface area contributed by atoms with Crippen molar-refractivity contribution >= 4 is 11.8 Å².